The van der Waals surface area contributed by atoms with Crippen molar-refractivity contribution in [3.05, 3.63) is 10.6 Å². The summed E-state index contributed by atoms with van der Waals surface area (Å²) in [6.07, 6.45) is 1.18. The summed E-state index contributed by atoms with van der Waals surface area (Å²) in [5, 5.41) is 4.55. The predicted octanol–water partition coefficient (Wildman–Crippen LogP) is 2.80. The Morgan fingerprint density at radius 3 is 2.69 bits per heavy atom. The first-order valence-corrected chi connectivity index (χ1v) is 6.77. The number of hydrogen-bond acceptors (Lipinski definition) is 4. The molecule has 0 aromatic carbocycles. The van der Waals surface area contributed by atoms with E-state index in [1.54, 1.807) is 11.3 Å². The molecule has 0 radical (unpaired) electrons. The summed E-state index contributed by atoms with van der Waals surface area (Å²) in [6, 6.07) is 0.502. The van der Waals surface area contributed by atoms with Crippen LogP contribution in [-0.4, -0.2) is 24.6 Å². The van der Waals surface area contributed by atoms with Gasteiger partial charge in [-0.05, 0) is 33.7 Å². The van der Waals surface area contributed by atoms with Gasteiger partial charge in [0, 0.05) is 24.5 Å². The van der Waals surface area contributed by atoms with E-state index in [2.05, 4.69) is 49.9 Å². The molecular weight excluding hydrogens is 218 g/mol. The van der Waals surface area contributed by atoms with E-state index in [1.807, 2.05) is 0 Å². The molecule has 0 aliphatic carbocycles. The van der Waals surface area contributed by atoms with Crippen LogP contribution in [-0.2, 0) is 6.54 Å². The third kappa shape index (κ3) is 3.46. The van der Waals surface area contributed by atoms with Gasteiger partial charge in [0.15, 0.2) is 5.13 Å². The highest BCUT2D eigenvalue weighted by atomic mass is 32.1. The molecule has 0 aliphatic rings. The lowest BCUT2D eigenvalue weighted by Gasteiger charge is -2.19. The number of thiazole rings is 1. The summed E-state index contributed by atoms with van der Waals surface area (Å²) < 4.78 is 0. The second kappa shape index (κ2) is 6.21. The molecule has 0 aliphatic heterocycles. The number of nitrogens with zero attached hydrogens (tertiary/aromatic N) is 2. The molecule has 16 heavy (non-hydrogen) atoms. The summed E-state index contributed by atoms with van der Waals surface area (Å²) in [5.74, 6) is 0. The smallest absolute Gasteiger partial charge is 0.185 e. The average molecular weight is 241 g/mol. The average Bonchev–Trinajstić information content (AvgIpc) is 2.59. The molecule has 0 bridgehead atoms. The number of anilines is 1. The summed E-state index contributed by atoms with van der Waals surface area (Å²) in [6.45, 7) is 10.7. The van der Waals surface area contributed by atoms with Crippen molar-refractivity contribution in [2.24, 2.45) is 0 Å². The molecule has 1 heterocycles. The fourth-order valence-corrected chi connectivity index (χ4v) is 2.45. The van der Waals surface area contributed by atoms with Crippen molar-refractivity contribution in [1.82, 2.24) is 10.3 Å². The van der Waals surface area contributed by atoms with E-state index in [-0.39, 0.29) is 0 Å². The first-order valence-electron chi connectivity index (χ1n) is 5.96. The summed E-state index contributed by atoms with van der Waals surface area (Å²) in [7, 11) is 2.10. The normalized spacial score (nSPS) is 11.1. The molecule has 1 rings (SSSR count). The van der Waals surface area contributed by atoms with Crippen LogP contribution in [0.1, 0.15) is 37.8 Å². The minimum Gasteiger partial charge on any atom is -0.349 e. The lowest BCUT2D eigenvalue weighted by Crippen LogP contribution is -2.25. The standard InChI is InChI=1S/C12H23N3S/c1-6-7-13-8-11-10(4)14-12(16-11)15(5)9(2)3/h9,13H,6-8H2,1-5H3. The van der Waals surface area contributed by atoms with Crippen LogP contribution in [0.3, 0.4) is 0 Å². The molecule has 1 aromatic rings. The number of aryl methyl sites for hydroxylation is 1. The van der Waals surface area contributed by atoms with Crippen LogP contribution in [0, 0.1) is 6.92 Å². The van der Waals surface area contributed by atoms with Crippen molar-refractivity contribution in [2.45, 2.75) is 46.7 Å². The third-order valence-electron chi connectivity index (χ3n) is 2.67. The third-order valence-corrected chi connectivity index (χ3v) is 3.92. The molecule has 4 heteroatoms. The maximum Gasteiger partial charge on any atom is 0.185 e. The zero-order chi connectivity index (χ0) is 12.1. The van der Waals surface area contributed by atoms with Gasteiger partial charge in [-0.15, -0.1) is 11.3 Å². The van der Waals surface area contributed by atoms with Crippen LogP contribution >= 0.6 is 11.3 Å². The summed E-state index contributed by atoms with van der Waals surface area (Å²) in [4.78, 5) is 8.20. The van der Waals surface area contributed by atoms with Crippen molar-refractivity contribution in [3.63, 3.8) is 0 Å². The topological polar surface area (TPSA) is 28.2 Å². The van der Waals surface area contributed by atoms with Crippen LogP contribution in [0.25, 0.3) is 0 Å². The lowest BCUT2D eigenvalue weighted by atomic mass is 10.3. The van der Waals surface area contributed by atoms with Crippen molar-refractivity contribution >= 4 is 16.5 Å². The Morgan fingerprint density at radius 1 is 1.44 bits per heavy atom. The van der Waals surface area contributed by atoms with Crippen LogP contribution in [0.15, 0.2) is 0 Å². The second-order valence-corrected chi connectivity index (χ2v) is 5.45. The number of hydrogen-bond donors (Lipinski definition) is 1. The molecule has 1 N–H and O–H groups in total. The molecule has 0 amide bonds. The summed E-state index contributed by atoms with van der Waals surface area (Å²) in [5.41, 5.74) is 1.16. The van der Waals surface area contributed by atoms with E-state index in [9.17, 15) is 0 Å². The van der Waals surface area contributed by atoms with Crippen LogP contribution < -0.4 is 10.2 Å². The van der Waals surface area contributed by atoms with Gasteiger partial charge in [-0.1, -0.05) is 6.92 Å². The number of aromatic nitrogens is 1. The molecule has 3 nitrogen and oxygen atoms in total. The van der Waals surface area contributed by atoms with Crippen LogP contribution in [0.2, 0.25) is 0 Å². The maximum absolute atomic E-state index is 4.61. The molecule has 0 spiro atoms. The molecule has 0 saturated carbocycles. The zero-order valence-corrected chi connectivity index (χ0v) is 11.8. The molecule has 1 aromatic heterocycles. The van der Waals surface area contributed by atoms with Crippen molar-refractivity contribution < 1.29 is 0 Å². The van der Waals surface area contributed by atoms with Gasteiger partial charge in [0.2, 0.25) is 0 Å². The molecule has 0 saturated heterocycles. The van der Waals surface area contributed by atoms with Gasteiger partial charge in [0.05, 0.1) is 5.69 Å². The molecule has 0 fully saturated rings. The van der Waals surface area contributed by atoms with E-state index < -0.39 is 0 Å². The van der Waals surface area contributed by atoms with Crippen molar-refractivity contribution in [1.29, 1.82) is 0 Å². The number of nitrogens with one attached hydrogen (secondary N) is 1. The van der Waals surface area contributed by atoms with Crippen molar-refractivity contribution in [3.8, 4) is 0 Å². The summed E-state index contributed by atoms with van der Waals surface area (Å²) >= 11 is 1.80. The highest BCUT2D eigenvalue weighted by Crippen LogP contribution is 2.26. The second-order valence-electron chi connectivity index (χ2n) is 4.39. The predicted molar refractivity (Wildman–Crippen MR) is 72.4 cm³/mol. The van der Waals surface area contributed by atoms with Crippen LogP contribution in [0.4, 0.5) is 5.13 Å². The van der Waals surface area contributed by atoms with Gasteiger partial charge >= 0.3 is 0 Å². The van der Waals surface area contributed by atoms with Crippen LogP contribution in [0.5, 0.6) is 0 Å². The van der Waals surface area contributed by atoms with Gasteiger partial charge in [0.25, 0.3) is 0 Å². The molecule has 0 atom stereocenters. The lowest BCUT2D eigenvalue weighted by molar-refractivity contribution is 0.678. The Morgan fingerprint density at radius 2 is 2.12 bits per heavy atom. The first-order chi connectivity index (χ1) is 7.56. The Bertz CT molecular complexity index is 320. The maximum atomic E-state index is 4.61. The van der Waals surface area contributed by atoms with E-state index in [1.165, 1.54) is 11.3 Å². The van der Waals surface area contributed by atoms with Gasteiger partial charge in [-0.25, -0.2) is 4.98 Å². The monoisotopic (exact) mass is 241 g/mol. The quantitative estimate of drug-likeness (QED) is 0.776. The van der Waals surface area contributed by atoms with E-state index >= 15 is 0 Å². The first kappa shape index (κ1) is 13.5. The van der Waals surface area contributed by atoms with Crippen molar-refractivity contribution in [2.75, 3.05) is 18.5 Å². The van der Waals surface area contributed by atoms with E-state index in [0.717, 1.165) is 23.9 Å². The van der Waals surface area contributed by atoms with Gasteiger partial charge in [-0.2, -0.15) is 0 Å². The molecule has 92 valence electrons. The Labute approximate surface area is 103 Å². The SMILES string of the molecule is CCCNCc1sc(N(C)C(C)C)nc1C. The highest BCUT2D eigenvalue weighted by Gasteiger charge is 2.12. The van der Waals surface area contributed by atoms with E-state index in [4.69, 9.17) is 0 Å². The molecule has 0 unspecified atom stereocenters. The van der Waals surface area contributed by atoms with Gasteiger partial charge in [0.1, 0.15) is 0 Å². The van der Waals surface area contributed by atoms with Gasteiger partial charge in [-0.3, -0.25) is 0 Å². The minimum atomic E-state index is 0.502. The fourth-order valence-electron chi connectivity index (χ4n) is 1.33. The zero-order valence-electron chi connectivity index (χ0n) is 11.0. The Kier molecular flexibility index (Phi) is 5.22. The van der Waals surface area contributed by atoms with Gasteiger partial charge < -0.3 is 10.2 Å². The molecular formula is C12H23N3S. The fraction of sp³-hybridized carbons (Fsp3) is 0.750. The minimum absolute atomic E-state index is 0.502. The largest absolute Gasteiger partial charge is 0.349 e. The number of rotatable bonds is 6. The Balaban J connectivity index is 2.66. The Hall–Kier alpha value is -0.610. The highest BCUT2D eigenvalue weighted by molar-refractivity contribution is 7.15. The van der Waals surface area contributed by atoms with E-state index in [0.29, 0.717) is 6.04 Å².